The van der Waals surface area contributed by atoms with E-state index in [1.54, 1.807) is 12.1 Å². The molecule has 140 valence electrons. The molecular weight excluding hydrogens is 362 g/mol. The summed E-state index contributed by atoms with van der Waals surface area (Å²) in [5.74, 6) is -4.38. The minimum atomic E-state index is -3.60. The van der Waals surface area contributed by atoms with Crippen molar-refractivity contribution in [3.8, 4) is 0 Å². The van der Waals surface area contributed by atoms with Crippen LogP contribution >= 0.6 is 0 Å². The van der Waals surface area contributed by atoms with Gasteiger partial charge in [-0.3, -0.25) is 9.69 Å². The number of likely N-dealkylation sites (N-methyl/N-ethyl adjacent to an activating group) is 1. The number of halogens is 2. The van der Waals surface area contributed by atoms with E-state index in [1.165, 1.54) is 24.3 Å². The number of amides is 2. The van der Waals surface area contributed by atoms with Crippen molar-refractivity contribution in [2.45, 2.75) is 24.5 Å². The summed E-state index contributed by atoms with van der Waals surface area (Å²) in [5.41, 5.74) is 0.562. The molecule has 27 heavy (non-hydrogen) atoms. The number of cyclic esters (lactones) is 1. The SMILES string of the molecule is CN1C(=O)C(F)(F)c2c1ccc1c2C[C@H]2[C@H](CNc3ccon3)OC(=O)N12. The van der Waals surface area contributed by atoms with E-state index in [0.29, 0.717) is 17.1 Å². The van der Waals surface area contributed by atoms with Gasteiger partial charge in [-0.25, -0.2) is 4.79 Å². The molecule has 2 atom stereocenters. The third-order valence-corrected chi connectivity index (χ3v) is 5.32. The summed E-state index contributed by atoms with van der Waals surface area (Å²) in [7, 11) is 1.32. The highest BCUT2D eigenvalue weighted by Gasteiger charge is 2.57. The van der Waals surface area contributed by atoms with E-state index in [9.17, 15) is 18.4 Å². The molecule has 0 aliphatic carbocycles. The normalized spacial score (nSPS) is 24.7. The molecule has 0 unspecified atom stereocenters. The second-order valence-corrected chi connectivity index (χ2v) is 6.73. The van der Waals surface area contributed by atoms with Crippen LogP contribution < -0.4 is 15.1 Å². The van der Waals surface area contributed by atoms with Crippen molar-refractivity contribution in [3.05, 3.63) is 35.6 Å². The highest BCUT2D eigenvalue weighted by Crippen LogP contribution is 2.51. The molecule has 1 aromatic carbocycles. The Hall–Kier alpha value is -3.17. The van der Waals surface area contributed by atoms with Gasteiger partial charge in [-0.15, -0.1) is 0 Å². The lowest BCUT2D eigenvalue weighted by Crippen LogP contribution is -2.37. The molecule has 1 fully saturated rings. The summed E-state index contributed by atoms with van der Waals surface area (Å²) in [4.78, 5) is 26.6. The van der Waals surface area contributed by atoms with Crippen molar-refractivity contribution in [3.63, 3.8) is 0 Å². The van der Waals surface area contributed by atoms with Gasteiger partial charge < -0.3 is 19.5 Å². The van der Waals surface area contributed by atoms with Crippen LogP contribution in [0.4, 0.5) is 30.8 Å². The topological polar surface area (TPSA) is 87.9 Å². The average molecular weight is 376 g/mol. The Morgan fingerprint density at radius 2 is 2.07 bits per heavy atom. The lowest BCUT2D eigenvalue weighted by Gasteiger charge is -2.16. The summed E-state index contributed by atoms with van der Waals surface area (Å²) in [5, 5.41) is 6.71. The first-order valence-corrected chi connectivity index (χ1v) is 8.36. The predicted molar refractivity (Wildman–Crippen MR) is 89.0 cm³/mol. The molecular formula is C17H14F2N4O4. The number of alkyl halides is 2. The zero-order chi connectivity index (χ0) is 18.9. The molecule has 1 saturated heterocycles. The van der Waals surface area contributed by atoms with Crippen LogP contribution in [0.5, 0.6) is 0 Å². The number of rotatable bonds is 3. The molecule has 8 nitrogen and oxygen atoms in total. The molecule has 3 aliphatic rings. The number of carbonyl (C=O) groups excluding carboxylic acids is 2. The summed E-state index contributed by atoms with van der Waals surface area (Å²) in [6, 6.07) is 4.22. The lowest BCUT2D eigenvalue weighted by atomic mass is 9.97. The van der Waals surface area contributed by atoms with E-state index in [-0.39, 0.29) is 24.2 Å². The third kappa shape index (κ3) is 2.03. The first-order chi connectivity index (χ1) is 12.9. The zero-order valence-electron chi connectivity index (χ0n) is 14.1. The highest BCUT2D eigenvalue weighted by atomic mass is 19.3. The first-order valence-electron chi connectivity index (χ1n) is 8.36. The minimum absolute atomic E-state index is 0.176. The second-order valence-electron chi connectivity index (χ2n) is 6.73. The molecule has 0 bridgehead atoms. The number of aromatic nitrogens is 1. The Morgan fingerprint density at radius 3 is 2.81 bits per heavy atom. The molecule has 3 aliphatic heterocycles. The fourth-order valence-electron chi connectivity index (χ4n) is 4.08. The fourth-order valence-corrected chi connectivity index (χ4v) is 4.08. The molecule has 1 N–H and O–H groups in total. The third-order valence-electron chi connectivity index (χ3n) is 5.32. The van der Waals surface area contributed by atoms with Crippen LogP contribution in [-0.4, -0.2) is 42.9 Å². The lowest BCUT2D eigenvalue weighted by molar-refractivity contribution is -0.141. The maximum absolute atomic E-state index is 14.6. The van der Waals surface area contributed by atoms with Gasteiger partial charge in [-0.1, -0.05) is 5.16 Å². The van der Waals surface area contributed by atoms with Crippen LogP contribution in [0.15, 0.2) is 29.0 Å². The van der Waals surface area contributed by atoms with Crippen molar-refractivity contribution in [1.82, 2.24) is 5.16 Å². The smallest absolute Gasteiger partial charge is 0.415 e. The molecule has 2 amide bonds. The number of ether oxygens (including phenoxy) is 1. The van der Waals surface area contributed by atoms with Crippen molar-refractivity contribution in [2.24, 2.45) is 0 Å². The maximum atomic E-state index is 14.6. The van der Waals surface area contributed by atoms with Crippen LogP contribution in [0, 0.1) is 0 Å². The molecule has 0 saturated carbocycles. The van der Waals surface area contributed by atoms with Gasteiger partial charge in [0, 0.05) is 13.1 Å². The average Bonchev–Trinajstić information content (AvgIpc) is 3.37. The number of hydrogen-bond donors (Lipinski definition) is 1. The quantitative estimate of drug-likeness (QED) is 0.883. The van der Waals surface area contributed by atoms with Gasteiger partial charge in [0.25, 0.3) is 0 Å². The summed E-state index contributed by atoms with van der Waals surface area (Å²) in [6.45, 7) is 0.255. The van der Waals surface area contributed by atoms with E-state index in [0.717, 1.165) is 4.90 Å². The molecule has 1 aromatic heterocycles. The van der Waals surface area contributed by atoms with Crippen molar-refractivity contribution < 1.29 is 27.6 Å². The summed E-state index contributed by atoms with van der Waals surface area (Å²) >= 11 is 0. The van der Waals surface area contributed by atoms with Gasteiger partial charge in [0.2, 0.25) is 0 Å². The van der Waals surface area contributed by atoms with Crippen molar-refractivity contribution in [1.29, 1.82) is 0 Å². The zero-order valence-corrected chi connectivity index (χ0v) is 14.1. The standard InChI is InChI=1S/C17H14F2N4O4/c1-22-10-3-2-9-8(14(10)17(18,19)15(22)24)6-11-12(27-16(25)23(9)11)7-20-13-4-5-26-21-13/h2-5,11-12H,6-7H2,1H3,(H,20,21)/t11-,12-/m0/s1. The largest absolute Gasteiger partial charge is 0.442 e. The van der Waals surface area contributed by atoms with Crippen molar-refractivity contribution in [2.75, 3.05) is 28.7 Å². The van der Waals surface area contributed by atoms with E-state index in [2.05, 4.69) is 10.5 Å². The van der Waals surface area contributed by atoms with Gasteiger partial charge in [0.1, 0.15) is 12.4 Å². The van der Waals surface area contributed by atoms with E-state index in [1.807, 2.05) is 0 Å². The Bertz CT molecular complexity index is 962. The van der Waals surface area contributed by atoms with Crippen molar-refractivity contribution >= 4 is 29.2 Å². The van der Waals surface area contributed by atoms with Crippen LogP contribution in [0.2, 0.25) is 0 Å². The van der Waals surface area contributed by atoms with E-state index in [4.69, 9.17) is 9.26 Å². The molecule has 2 aromatic rings. The molecule has 5 rings (SSSR count). The predicted octanol–water partition coefficient (Wildman–Crippen LogP) is 2.10. The van der Waals surface area contributed by atoms with Crippen LogP contribution in [0.1, 0.15) is 11.1 Å². The number of hydrogen-bond acceptors (Lipinski definition) is 6. The molecule has 4 heterocycles. The Balaban J connectivity index is 1.49. The van der Waals surface area contributed by atoms with Crippen LogP contribution in [0.25, 0.3) is 0 Å². The monoisotopic (exact) mass is 376 g/mol. The van der Waals surface area contributed by atoms with Crippen LogP contribution in [0.3, 0.4) is 0 Å². The highest BCUT2D eigenvalue weighted by molar-refractivity contribution is 6.07. The number of nitrogens with zero attached hydrogens (tertiary/aromatic N) is 3. The van der Waals surface area contributed by atoms with Gasteiger partial charge >= 0.3 is 17.9 Å². The first kappa shape index (κ1) is 16.0. The number of benzene rings is 1. The number of nitrogens with one attached hydrogen (secondary N) is 1. The Morgan fingerprint density at radius 1 is 1.30 bits per heavy atom. The molecule has 0 spiro atoms. The number of fused-ring (bicyclic) bond motifs is 5. The maximum Gasteiger partial charge on any atom is 0.415 e. The number of carbonyl (C=O) groups is 2. The number of anilines is 3. The van der Waals surface area contributed by atoms with Gasteiger partial charge in [-0.05, 0) is 24.1 Å². The van der Waals surface area contributed by atoms with E-state index < -0.39 is 30.1 Å². The molecule has 10 heteroatoms. The Labute approximate surface area is 151 Å². The van der Waals surface area contributed by atoms with E-state index >= 15 is 0 Å². The molecule has 0 radical (unpaired) electrons. The summed E-state index contributed by atoms with van der Waals surface area (Å²) < 4.78 is 39.3. The minimum Gasteiger partial charge on any atom is -0.442 e. The fraction of sp³-hybridized carbons (Fsp3) is 0.353. The summed E-state index contributed by atoms with van der Waals surface area (Å²) in [6.07, 6.45) is 0.443. The van der Waals surface area contributed by atoms with Crippen LogP contribution in [-0.2, 0) is 21.9 Å². The van der Waals surface area contributed by atoms with Gasteiger partial charge in [0.05, 0.1) is 29.5 Å². The Kier molecular flexibility index (Phi) is 3.08. The second kappa shape index (κ2) is 5.18. The van der Waals surface area contributed by atoms with Gasteiger partial charge in [0.15, 0.2) is 5.82 Å². The van der Waals surface area contributed by atoms with Gasteiger partial charge in [-0.2, -0.15) is 8.78 Å².